The van der Waals surface area contributed by atoms with E-state index < -0.39 is 0 Å². The van der Waals surface area contributed by atoms with E-state index in [4.69, 9.17) is 8.83 Å². The van der Waals surface area contributed by atoms with Crippen molar-refractivity contribution < 1.29 is 8.83 Å². The van der Waals surface area contributed by atoms with Crippen LogP contribution >= 0.6 is 0 Å². The quantitative estimate of drug-likeness (QED) is 0.218. The van der Waals surface area contributed by atoms with Crippen LogP contribution in [0.15, 0.2) is 116 Å². The average Bonchev–Trinajstić information content (AvgIpc) is 2.93. The van der Waals surface area contributed by atoms with E-state index in [0.29, 0.717) is 32.9 Å². The Morgan fingerprint density at radius 3 is 1.72 bits per heavy atom. The minimum atomic E-state index is -0.257. The highest BCUT2D eigenvalue weighted by atomic mass is 16.3. The van der Waals surface area contributed by atoms with Gasteiger partial charge in [-0.05, 0) is 60.7 Å². The Morgan fingerprint density at radius 1 is 0.528 bits per heavy atom. The van der Waals surface area contributed by atoms with Crippen molar-refractivity contribution in [2.45, 2.75) is 0 Å². The molecule has 36 heavy (non-hydrogen) atoms. The maximum atomic E-state index is 13.6. The molecule has 4 aromatic heterocycles. The van der Waals surface area contributed by atoms with Crippen LogP contribution in [0.3, 0.4) is 0 Å². The second-order valence-electron chi connectivity index (χ2n) is 8.53. The smallest absolute Gasteiger partial charge is 0.204 e. The molecule has 7 rings (SSSR count). The molecule has 0 spiro atoms. The molecule has 4 heterocycles. The van der Waals surface area contributed by atoms with Crippen molar-refractivity contribution in [1.82, 2.24) is 9.97 Å². The molecule has 3 aromatic carbocycles. The highest BCUT2D eigenvalue weighted by Gasteiger charge is 2.17. The largest absolute Gasteiger partial charge is 0.456 e. The molecule has 6 nitrogen and oxygen atoms in total. The molecule has 0 aliphatic rings. The highest BCUT2D eigenvalue weighted by molar-refractivity contribution is 6.07. The van der Waals surface area contributed by atoms with E-state index in [1.807, 2.05) is 48.5 Å². The Bertz CT molecular complexity index is 2080. The van der Waals surface area contributed by atoms with Crippen molar-refractivity contribution in [2.24, 2.45) is 0 Å². The maximum absolute atomic E-state index is 13.6. The van der Waals surface area contributed by atoms with Gasteiger partial charge in [0, 0.05) is 23.5 Å². The highest BCUT2D eigenvalue weighted by Crippen LogP contribution is 2.30. The summed E-state index contributed by atoms with van der Waals surface area (Å²) in [5.41, 5.74) is 4.11. The molecule has 0 amide bonds. The monoisotopic (exact) mass is 468 g/mol. The van der Waals surface area contributed by atoms with Gasteiger partial charge in [-0.1, -0.05) is 24.3 Å². The van der Waals surface area contributed by atoms with Crippen LogP contribution < -0.4 is 10.9 Å². The Balaban J connectivity index is 1.52. The molecule has 0 aliphatic carbocycles. The molecular formula is C30H16N2O4. The number of pyridine rings is 2. The second-order valence-corrected chi connectivity index (χ2v) is 8.53. The summed E-state index contributed by atoms with van der Waals surface area (Å²) in [6.07, 6.45) is 3.42. The first-order valence-corrected chi connectivity index (χ1v) is 11.4. The van der Waals surface area contributed by atoms with Crippen LogP contribution in [0.25, 0.3) is 66.4 Å². The number of fused-ring (bicyclic) bond motifs is 5. The van der Waals surface area contributed by atoms with Crippen LogP contribution in [0.4, 0.5) is 0 Å². The molecule has 0 radical (unpaired) electrons. The van der Waals surface area contributed by atoms with E-state index in [1.165, 1.54) is 0 Å². The lowest BCUT2D eigenvalue weighted by molar-refractivity contribution is 0.649. The van der Waals surface area contributed by atoms with Crippen LogP contribution in [-0.4, -0.2) is 9.97 Å². The molecule has 0 aliphatic heterocycles. The van der Waals surface area contributed by atoms with Gasteiger partial charge in [-0.15, -0.1) is 0 Å². The fourth-order valence-corrected chi connectivity index (χ4v) is 4.63. The fourth-order valence-electron chi connectivity index (χ4n) is 4.63. The number of hydrogen-bond acceptors (Lipinski definition) is 6. The Morgan fingerprint density at radius 2 is 1.11 bits per heavy atom. The standard InChI is InChI=1S/C30H16N2O4/c33-28-19-9-7-18(23-6-2-4-14-32-23)16-26(19)36-30-21(28)11-12-24-27(30)29(34)20-10-8-17(15-25(20)35-24)22-5-1-3-13-31-22/h1-16H. The van der Waals surface area contributed by atoms with Gasteiger partial charge in [0.15, 0.2) is 5.58 Å². The number of benzene rings is 3. The van der Waals surface area contributed by atoms with Crippen LogP contribution in [-0.2, 0) is 0 Å². The number of nitrogens with zero attached hydrogens (tertiary/aromatic N) is 2. The molecule has 0 unspecified atom stereocenters. The summed E-state index contributed by atoms with van der Waals surface area (Å²) in [6.45, 7) is 0. The molecule has 7 aromatic rings. The summed E-state index contributed by atoms with van der Waals surface area (Å²) in [6, 6.07) is 25.3. The van der Waals surface area contributed by atoms with Gasteiger partial charge >= 0.3 is 0 Å². The minimum Gasteiger partial charge on any atom is -0.456 e. The SMILES string of the molecule is O=c1c2ccc(-c3ccccn3)cc2oc2c1ccc1oc3cc(-c4ccccn4)ccc3c(=O)c12. The summed E-state index contributed by atoms with van der Waals surface area (Å²) < 4.78 is 12.4. The van der Waals surface area contributed by atoms with Crippen molar-refractivity contribution in [3.63, 3.8) is 0 Å². The van der Waals surface area contributed by atoms with E-state index in [9.17, 15) is 9.59 Å². The predicted molar refractivity (Wildman–Crippen MR) is 140 cm³/mol. The first-order valence-electron chi connectivity index (χ1n) is 11.4. The van der Waals surface area contributed by atoms with Gasteiger partial charge in [0.25, 0.3) is 0 Å². The van der Waals surface area contributed by atoms with Crippen LogP contribution in [0.2, 0.25) is 0 Å². The summed E-state index contributed by atoms with van der Waals surface area (Å²) in [7, 11) is 0. The Kier molecular flexibility index (Phi) is 4.35. The molecule has 0 atom stereocenters. The van der Waals surface area contributed by atoms with Crippen molar-refractivity contribution in [3.05, 3.63) is 118 Å². The number of rotatable bonds is 2. The third-order valence-corrected chi connectivity index (χ3v) is 6.40. The Hall–Kier alpha value is -5.10. The van der Waals surface area contributed by atoms with Crippen LogP contribution in [0.1, 0.15) is 0 Å². The first kappa shape index (κ1) is 20.3. The van der Waals surface area contributed by atoms with E-state index in [0.717, 1.165) is 22.5 Å². The van der Waals surface area contributed by atoms with Gasteiger partial charge in [-0.3, -0.25) is 19.6 Å². The van der Waals surface area contributed by atoms with Crippen molar-refractivity contribution in [3.8, 4) is 22.5 Å². The van der Waals surface area contributed by atoms with Gasteiger partial charge in [-0.2, -0.15) is 0 Å². The zero-order chi connectivity index (χ0) is 24.2. The second kappa shape index (κ2) is 7.71. The maximum Gasteiger partial charge on any atom is 0.204 e. The summed E-state index contributed by atoms with van der Waals surface area (Å²) in [5.74, 6) is 0. The van der Waals surface area contributed by atoms with E-state index in [2.05, 4.69) is 9.97 Å². The van der Waals surface area contributed by atoms with Crippen LogP contribution in [0.5, 0.6) is 0 Å². The molecule has 0 saturated heterocycles. The van der Waals surface area contributed by atoms with E-state index in [1.54, 1.807) is 48.8 Å². The molecule has 0 bridgehead atoms. The number of aromatic nitrogens is 2. The first-order chi connectivity index (χ1) is 17.7. The molecule has 0 N–H and O–H groups in total. The third kappa shape index (κ3) is 3.05. The average molecular weight is 468 g/mol. The van der Waals surface area contributed by atoms with Crippen molar-refractivity contribution in [2.75, 3.05) is 0 Å². The van der Waals surface area contributed by atoms with E-state index >= 15 is 0 Å². The fraction of sp³-hybridized carbons (Fsp3) is 0. The zero-order valence-corrected chi connectivity index (χ0v) is 18.8. The van der Waals surface area contributed by atoms with Gasteiger partial charge in [-0.25, -0.2) is 0 Å². The molecule has 170 valence electrons. The topological polar surface area (TPSA) is 86.2 Å². The van der Waals surface area contributed by atoms with Gasteiger partial charge in [0.2, 0.25) is 10.9 Å². The van der Waals surface area contributed by atoms with Crippen molar-refractivity contribution in [1.29, 1.82) is 0 Å². The minimum absolute atomic E-state index is 0.203. The Labute approximate surface area is 203 Å². The molecular weight excluding hydrogens is 452 g/mol. The molecule has 6 heteroatoms. The normalized spacial score (nSPS) is 11.6. The summed E-state index contributed by atoms with van der Waals surface area (Å²) in [5, 5.41) is 1.41. The van der Waals surface area contributed by atoms with E-state index in [-0.39, 0.29) is 21.8 Å². The summed E-state index contributed by atoms with van der Waals surface area (Å²) >= 11 is 0. The zero-order valence-electron chi connectivity index (χ0n) is 18.8. The summed E-state index contributed by atoms with van der Waals surface area (Å²) in [4.78, 5) is 35.7. The lowest BCUT2D eigenvalue weighted by atomic mass is 10.0. The molecule has 0 fully saturated rings. The predicted octanol–water partition coefficient (Wildman–Crippen LogP) is 6.33. The third-order valence-electron chi connectivity index (χ3n) is 6.40. The lowest BCUT2D eigenvalue weighted by Crippen LogP contribution is -2.07. The van der Waals surface area contributed by atoms with Gasteiger partial charge < -0.3 is 8.83 Å². The number of hydrogen-bond donors (Lipinski definition) is 0. The molecule has 0 saturated carbocycles. The van der Waals surface area contributed by atoms with Gasteiger partial charge in [0.1, 0.15) is 22.1 Å². The lowest BCUT2D eigenvalue weighted by Gasteiger charge is -2.08. The van der Waals surface area contributed by atoms with Crippen molar-refractivity contribution >= 4 is 43.9 Å². The van der Waals surface area contributed by atoms with Gasteiger partial charge in [0.05, 0.1) is 27.5 Å². The van der Waals surface area contributed by atoms with Crippen LogP contribution in [0, 0.1) is 0 Å².